The van der Waals surface area contributed by atoms with Crippen molar-refractivity contribution in [1.82, 2.24) is 10.7 Å². The SMILES string of the molecule is COC(=O)c1ccc(/C=N\NC(=O)CC(=O)NC(C)C)cc1. The van der Waals surface area contributed by atoms with Crippen molar-refractivity contribution in [3.05, 3.63) is 35.4 Å². The van der Waals surface area contributed by atoms with Gasteiger partial charge in [-0.2, -0.15) is 5.10 Å². The lowest BCUT2D eigenvalue weighted by Crippen LogP contribution is -2.34. The van der Waals surface area contributed by atoms with Crippen LogP contribution in [-0.4, -0.2) is 37.1 Å². The Balaban J connectivity index is 2.47. The van der Waals surface area contributed by atoms with Crippen LogP contribution in [0.25, 0.3) is 0 Å². The maximum absolute atomic E-state index is 11.5. The van der Waals surface area contributed by atoms with Gasteiger partial charge < -0.3 is 10.1 Å². The number of hydrogen-bond acceptors (Lipinski definition) is 5. The topological polar surface area (TPSA) is 96.9 Å². The minimum absolute atomic E-state index is 0.0165. The molecule has 0 saturated carbocycles. The Morgan fingerprint density at radius 2 is 1.82 bits per heavy atom. The second kappa shape index (κ2) is 8.56. The molecule has 0 fully saturated rings. The van der Waals surface area contributed by atoms with Crippen LogP contribution in [0, 0.1) is 0 Å². The second-order valence-corrected chi connectivity index (χ2v) is 4.81. The van der Waals surface area contributed by atoms with E-state index in [1.165, 1.54) is 13.3 Å². The number of benzene rings is 1. The van der Waals surface area contributed by atoms with Gasteiger partial charge in [0.1, 0.15) is 6.42 Å². The molecule has 0 unspecified atom stereocenters. The quantitative estimate of drug-likeness (QED) is 0.352. The highest BCUT2D eigenvalue weighted by molar-refractivity contribution is 5.97. The Bertz CT molecular complexity index is 565. The third-order valence-corrected chi connectivity index (χ3v) is 2.51. The maximum atomic E-state index is 11.5. The maximum Gasteiger partial charge on any atom is 0.337 e. The van der Waals surface area contributed by atoms with E-state index in [1.807, 2.05) is 13.8 Å². The van der Waals surface area contributed by atoms with Gasteiger partial charge in [-0.25, -0.2) is 10.2 Å². The fraction of sp³-hybridized carbons (Fsp3) is 0.333. The largest absolute Gasteiger partial charge is 0.465 e. The van der Waals surface area contributed by atoms with Gasteiger partial charge in [0, 0.05) is 6.04 Å². The van der Waals surface area contributed by atoms with Gasteiger partial charge in [-0.3, -0.25) is 9.59 Å². The molecule has 0 aromatic heterocycles. The highest BCUT2D eigenvalue weighted by atomic mass is 16.5. The van der Waals surface area contributed by atoms with E-state index in [9.17, 15) is 14.4 Å². The minimum Gasteiger partial charge on any atom is -0.465 e. The van der Waals surface area contributed by atoms with E-state index in [4.69, 9.17) is 0 Å². The number of esters is 1. The first kappa shape index (κ1) is 17.4. The molecule has 1 aromatic rings. The normalized spacial score (nSPS) is 10.5. The van der Waals surface area contributed by atoms with Crippen LogP contribution >= 0.6 is 0 Å². The van der Waals surface area contributed by atoms with Crippen LogP contribution in [0.2, 0.25) is 0 Å². The summed E-state index contributed by atoms with van der Waals surface area (Å²) in [6.45, 7) is 3.62. The van der Waals surface area contributed by atoms with Crippen LogP contribution in [0.3, 0.4) is 0 Å². The predicted molar refractivity (Wildman–Crippen MR) is 81.4 cm³/mol. The summed E-state index contributed by atoms with van der Waals surface area (Å²) in [6, 6.07) is 6.48. The molecule has 118 valence electrons. The Morgan fingerprint density at radius 3 is 2.36 bits per heavy atom. The van der Waals surface area contributed by atoms with E-state index < -0.39 is 11.9 Å². The van der Waals surface area contributed by atoms with Crippen molar-refractivity contribution >= 4 is 24.0 Å². The summed E-state index contributed by atoms with van der Waals surface area (Å²) in [5, 5.41) is 6.36. The molecule has 2 N–H and O–H groups in total. The first-order valence-corrected chi connectivity index (χ1v) is 6.72. The van der Waals surface area contributed by atoms with Crippen molar-refractivity contribution in [2.45, 2.75) is 26.3 Å². The highest BCUT2D eigenvalue weighted by Gasteiger charge is 2.09. The van der Waals surface area contributed by atoms with Crippen LogP contribution in [0.1, 0.15) is 36.2 Å². The molecule has 7 nitrogen and oxygen atoms in total. The molecule has 7 heteroatoms. The lowest BCUT2D eigenvalue weighted by molar-refractivity contribution is -0.129. The summed E-state index contributed by atoms with van der Waals surface area (Å²) >= 11 is 0. The monoisotopic (exact) mass is 305 g/mol. The van der Waals surface area contributed by atoms with Gasteiger partial charge in [0.2, 0.25) is 11.8 Å². The fourth-order valence-electron chi connectivity index (χ4n) is 1.56. The number of hydrazone groups is 1. The van der Waals surface area contributed by atoms with Crippen LogP contribution in [0.4, 0.5) is 0 Å². The summed E-state index contributed by atoms with van der Waals surface area (Å²) in [5.74, 6) is -1.28. The van der Waals surface area contributed by atoms with Gasteiger partial charge in [0.05, 0.1) is 18.9 Å². The van der Waals surface area contributed by atoms with E-state index in [0.29, 0.717) is 11.1 Å². The number of nitrogens with zero attached hydrogens (tertiary/aromatic N) is 1. The summed E-state index contributed by atoms with van der Waals surface area (Å²) in [4.78, 5) is 34.1. The van der Waals surface area contributed by atoms with Crippen molar-refractivity contribution in [2.24, 2.45) is 5.10 Å². The average molecular weight is 305 g/mol. The minimum atomic E-state index is -0.499. The van der Waals surface area contributed by atoms with Gasteiger partial charge in [-0.1, -0.05) is 12.1 Å². The number of carbonyl (C=O) groups excluding carboxylic acids is 3. The summed E-state index contributed by atoms with van der Waals surface area (Å²) in [7, 11) is 1.31. The first-order valence-electron chi connectivity index (χ1n) is 6.72. The number of methoxy groups -OCH3 is 1. The molecule has 1 rings (SSSR count). The second-order valence-electron chi connectivity index (χ2n) is 4.81. The molecule has 0 aliphatic heterocycles. The smallest absolute Gasteiger partial charge is 0.337 e. The Kier molecular flexibility index (Phi) is 6.75. The third-order valence-electron chi connectivity index (χ3n) is 2.51. The van der Waals surface area contributed by atoms with Gasteiger partial charge in [-0.15, -0.1) is 0 Å². The Hall–Kier alpha value is -2.70. The van der Waals surface area contributed by atoms with Crippen molar-refractivity contribution in [1.29, 1.82) is 0 Å². The highest BCUT2D eigenvalue weighted by Crippen LogP contribution is 2.03. The molecule has 0 atom stereocenters. The van der Waals surface area contributed by atoms with Crippen molar-refractivity contribution in [2.75, 3.05) is 7.11 Å². The molecule has 0 spiro atoms. The zero-order valence-electron chi connectivity index (χ0n) is 12.8. The molecule has 0 radical (unpaired) electrons. The number of rotatable bonds is 6. The van der Waals surface area contributed by atoms with Crippen LogP contribution in [-0.2, 0) is 14.3 Å². The zero-order valence-corrected chi connectivity index (χ0v) is 12.8. The van der Waals surface area contributed by atoms with Crippen LogP contribution in [0.15, 0.2) is 29.4 Å². The molecule has 0 saturated heterocycles. The molecule has 1 aromatic carbocycles. The number of ether oxygens (including phenoxy) is 1. The molecular formula is C15H19N3O4. The average Bonchev–Trinajstić information content (AvgIpc) is 2.46. The van der Waals surface area contributed by atoms with E-state index >= 15 is 0 Å². The first-order chi connectivity index (χ1) is 10.4. The van der Waals surface area contributed by atoms with Gasteiger partial charge in [0.15, 0.2) is 0 Å². The van der Waals surface area contributed by atoms with Gasteiger partial charge in [-0.05, 0) is 31.5 Å². The van der Waals surface area contributed by atoms with E-state index in [0.717, 1.165) is 0 Å². The molecule has 0 aliphatic rings. The standard InChI is InChI=1S/C15H19N3O4/c1-10(2)17-13(19)8-14(20)18-16-9-11-4-6-12(7-5-11)15(21)22-3/h4-7,9-10H,8H2,1-3H3,(H,17,19)(H,18,20)/b16-9-. The van der Waals surface area contributed by atoms with E-state index in [1.54, 1.807) is 24.3 Å². The lowest BCUT2D eigenvalue weighted by atomic mass is 10.1. The summed E-state index contributed by atoms with van der Waals surface area (Å²) < 4.78 is 4.59. The molecule has 22 heavy (non-hydrogen) atoms. The van der Waals surface area contributed by atoms with Crippen LogP contribution < -0.4 is 10.7 Å². The summed E-state index contributed by atoms with van der Waals surface area (Å²) in [5.41, 5.74) is 3.38. The molecule has 0 bridgehead atoms. The van der Waals surface area contributed by atoms with Gasteiger partial charge >= 0.3 is 5.97 Å². The number of nitrogens with one attached hydrogen (secondary N) is 2. The fourth-order valence-corrected chi connectivity index (χ4v) is 1.56. The Labute approximate surface area is 128 Å². The molecule has 2 amide bonds. The molecule has 0 heterocycles. The molecule has 0 aliphatic carbocycles. The van der Waals surface area contributed by atoms with Gasteiger partial charge in [0.25, 0.3) is 0 Å². The number of amides is 2. The number of carbonyl (C=O) groups is 3. The number of hydrogen-bond donors (Lipinski definition) is 2. The predicted octanol–water partition coefficient (Wildman–Crippen LogP) is 0.838. The van der Waals surface area contributed by atoms with Crippen LogP contribution in [0.5, 0.6) is 0 Å². The zero-order chi connectivity index (χ0) is 16.5. The van der Waals surface area contributed by atoms with E-state index in [-0.39, 0.29) is 18.4 Å². The Morgan fingerprint density at radius 1 is 1.18 bits per heavy atom. The lowest BCUT2D eigenvalue weighted by Gasteiger charge is -2.06. The van der Waals surface area contributed by atoms with E-state index in [2.05, 4.69) is 20.6 Å². The third kappa shape index (κ3) is 6.17. The van der Waals surface area contributed by atoms with Crippen molar-refractivity contribution in [3.8, 4) is 0 Å². The molecular weight excluding hydrogens is 286 g/mol. The van der Waals surface area contributed by atoms with Crippen molar-refractivity contribution < 1.29 is 19.1 Å². The van der Waals surface area contributed by atoms with Crippen molar-refractivity contribution in [3.63, 3.8) is 0 Å². The summed E-state index contributed by atoms with van der Waals surface area (Å²) in [6.07, 6.45) is 1.14.